The molecule has 0 radical (unpaired) electrons. The van der Waals surface area contributed by atoms with E-state index in [1.165, 1.54) is 0 Å². The lowest BCUT2D eigenvalue weighted by atomic mass is 10.0. The molecule has 1 rings (SSSR count). The fourth-order valence-corrected chi connectivity index (χ4v) is 2.34. The van der Waals surface area contributed by atoms with Gasteiger partial charge in [0.15, 0.2) is 0 Å². The first-order valence-electron chi connectivity index (χ1n) is 7.20. The number of nitrogens with one attached hydrogen (secondary N) is 1. The average molecular weight is 374 g/mol. The van der Waals surface area contributed by atoms with Gasteiger partial charge in [-0.05, 0) is 38.3 Å². The number of alkyl carbamates (subject to hydrolysis) is 1. The summed E-state index contributed by atoms with van der Waals surface area (Å²) in [4.78, 5) is 11.6. The van der Waals surface area contributed by atoms with Gasteiger partial charge in [-0.25, -0.2) is 4.79 Å². The van der Waals surface area contributed by atoms with Crippen molar-refractivity contribution >= 4 is 22.0 Å². The molecule has 0 aromatic heterocycles. The van der Waals surface area contributed by atoms with Crippen LogP contribution in [0, 0.1) is 0 Å². The van der Waals surface area contributed by atoms with Crippen molar-refractivity contribution in [2.75, 3.05) is 5.33 Å². The summed E-state index contributed by atoms with van der Waals surface area (Å²) in [6.45, 7) is 5.70. The molecule has 0 bridgehead atoms. The highest BCUT2D eigenvalue weighted by molar-refractivity contribution is 9.09. The van der Waals surface area contributed by atoms with Crippen molar-refractivity contribution in [2.45, 2.75) is 51.5 Å². The molecule has 1 aromatic rings. The van der Waals surface area contributed by atoms with Crippen molar-refractivity contribution in [3.05, 3.63) is 35.4 Å². The number of amides is 1. The smallest absolute Gasteiger partial charge is 0.407 e. The van der Waals surface area contributed by atoms with Crippen LogP contribution in [0.1, 0.15) is 44.4 Å². The predicted molar refractivity (Wildman–Crippen MR) is 88.9 cm³/mol. The van der Waals surface area contributed by atoms with E-state index in [1.807, 2.05) is 6.07 Å². The fourth-order valence-electron chi connectivity index (χ4n) is 1.87. The molecule has 0 saturated heterocycles. The lowest BCUT2D eigenvalue weighted by molar-refractivity contribution is 0.0173. The number of carbonyl (C=O) groups excluding carboxylic acids is 1. The Labute approximate surface area is 139 Å². The molecule has 0 aliphatic carbocycles. The molecule has 0 spiro atoms. The molecule has 0 aliphatic heterocycles. The van der Waals surface area contributed by atoms with Crippen molar-refractivity contribution in [1.29, 1.82) is 0 Å². The normalized spacial score (nSPS) is 14.3. The van der Waals surface area contributed by atoms with Gasteiger partial charge in [0.25, 0.3) is 0 Å². The lowest BCUT2D eigenvalue weighted by Gasteiger charge is -2.20. The molecule has 1 amide bonds. The van der Waals surface area contributed by atoms with Crippen LogP contribution in [0.4, 0.5) is 4.79 Å². The molecule has 0 fully saturated rings. The number of carbonyl (C=O) groups is 1. The van der Waals surface area contributed by atoms with Crippen molar-refractivity contribution < 1.29 is 19.7 Å². The Kier molecular flexibility index (Phi) is 7.32. The molecule has 2 unspecified atom stereocenters. The quantitative estimate of drug-likeness (QED) is 0.669. The zero-order valence-corrected chi connectivity index (χ0v) is 14.8. The van der Waals surface area contributed by atoms with Gasteiger partial charge in [0.1, 0.15) is 11.7 Å². The number of halogens is 1. The lowest BCUT2D eigenvalue weighted by Crippen LogP contribution is -2.32. The number of rotatable bonds is 6. The fraction of sp³-hybridized carbons (Fsp3) is 0.562. The number of aliphatic hydroxyl groups is 2. The SMILES string of the molecule is CC(C)(C)OC(=O)NCc1cccc(C(O)C(O)CCBr)c1. The minimum atomic E-state index is -0.945. The largest absolute Gasteiger partial charge is 0.444 e. The van der Waals surface area contributed by atoms with Crippen molar-refractivity contribution in [3.8, 4) is 0 Å². The van der Waals surface area contributed by atoms with Gasteiger partial charge in [-0.15, -0.1) is 0 Å². The molecule has 22 heavy (non-hydrogen) atoms. The van der Waals surface area contributed by atoms with Crippen molar-refractivity contribution in [3.63, 3.8) is 0 Å². The van der Waals surface area contributed by atoms with E-state index in [-0.39, 0.29) is 0 Å². The van der Waals surface area contributed by atoms with E-state index in [2.05, 4.69) is 21.2 Å². The number of aliphatic hydroxyl groups excluding tert-OH is 2. The van der Waals surface area contributed by atoms with Crippen LogP contribution in [0.25, 0.3) is 0 Å². The van der Waals surface area contributed by atoms with Gasteiger partial charge in [-0.2, -0.15) is 0 Å². The Morgan fingerprint density at radius 1 is 1.36 bits per heavy atom. The summed E-state index contributed by atoms with van der Waals surface area (Å²) < 4.78 is 5.16. The van der Waals surface area contributed by atoms with Gasteiger partial charge in [0.05, 0.1) is 6.10 Å². The highest BCUT2D eigenvalue weighted by Gasteiger charge is 2.18. The summed E-state index contributed by atoms with van der Waals surface area (Å²) in [6.07, 6.45) is -1.80. The third-order valence-electron chi connectivity index (χ3n) is 2.90. The maximum absolute atomic E-state index is 11.6. The summed E-state index contributed by atoms with van der Waals surface area (Å²) in [7, 11) is 0. The third-order valence-corrected chi connectivity index (χ3v) is 3.36. The summed E-state index contributed by atoms with van der Waals surface area (Å²) in [5, 5.41) is 23.2. The first-order valence-corrected chi connectivity index (χ1v) is 8.33. The van der Waals surface area contributed by atoms with E-state index in [0.29, 0.717) is 23.9 Å². The molecule has 0 aliphatic rings. The monoisotopic (exact) mass is 373 g/mol. The van der Waals surface area contributed by atoms with E-state index in [4.69, 9.17) is 4.74 Å². The van der Waals surface area contributed by atoms with Crippen LogP contribution in [0.15, 0.2) is 24.3 Å². The molecule has 124 valence electrons. The van der Waals surface area contributed by atoms with Crippen molar-refractivity contribution in [2.24, 2.45) is 0 Å². The second-order valence-electron chi connectivity index (χ2n) is 6.09. The molecule has 0 heterocycles. The topological polar surface area (TPSA) is 78.8 Å². The number of hydrogen-bond acceptors (Lipinski definition) is 4. The second-order valence-corrected chi connectivity index (χ2v) is 6.88. The number of hydrogen-bond donors (Lipinski definition) is 3. The van der Waals surface area contributed by atoms with Gasteiger partial charge >= 0.3 is 6.09 Å². The molecular formula is C16H24BrNO4. The third kappa shape index (κ3) is 6.77. The van der Waals surface area contributed by atoms with Crippen LogP contribution < -0.4 is 5.32 Å². The average Bonchev–Trinajstić information content (AvgIpc) is 2.43. The minimum absolute atomic E-state index is 0.296. The Hall–Kier alpha value is -1.11. The maximum atomic E-state index is 11.6. The van der Waals surface area contributed by atoms with E-state index in [9.17, 15) is 15.0 Å². The summed E-state index contributed by atoms with van der Waals surface area (Å²) >= 11 is 3.24. The molecule has 5 nitrogen and oxygen atoms in total. The Balaban J connectivity index is 2.63. The number of ether oxygens (including phenoxy) is 1. The first-order chi connectivity index (χ1) is 10.2. The standard InChI is InChI=1S/C16H24BrNO4/c1-16(2,3)22-15(21)18-10-11-5-4-6-12(9-11)14(20)13(19)7-8-17/h4-6,9,13-14,19-20H,7-8,10H2,1-3H3,(H,18,21). The van der Waals surface area contributed by atoms with E-state index < -0.39 is 23.9 Å². The molecule has 3 N–H and O–H groups in total. The van der Waals surface area contributed by atoms with E-state index >= 15 is 0 Å². The summed E-state index contributed by atoms with van der Waals surface area (Å²) in [5.74, 6) is 0. The second kappa shape index (κ2) is 8.50. The molecule has 2 atom stereocenters. The molecule has 1 aromatic carbocycles. The van der Waals surface area contributed by atoms with Gasteiger partial charge in [-0.1, -0.05) is 40.2 Å². The summed E-state index contributed by atoms with van der Waals surface area (Å²) in [5.41, 5.74) is 0.910. The Morgan fingerprint density at radius 3 is 2.64 bits per heavy atom. The Morgan fingerprint density at radius 2 is 2.05 bits per heavy atom. The zero-order chi connectivity index (χ0) is 16.8. The number of benzene rings is 1. The van der Waals surface area contributed by atoms with Crippen LogP contribution in [0.3, 0.4) is 0 Å². The van der Waals surface area contributed by atoms with Gasteiger partial charge in [-0.3, -0.25) is 0 Å². The molecule has 6 heteroatoms. The van der Waals surface area contributed by atoms with Gasteiger partial charge < -0.3 is 20.3 Å². The van der Waals surface area contributed by atoms with E-state index in [1.54, 1.807) is 39.0 Å². The van der Waals surface area contributed by atoms with Crippen LogP contribution >= 0.6 is 15.9 Å². The van der Waals surface area contributed by atoms with E-state index in [0.717, 1.165) is 5.56 Å². The molecule has 0 saturated carbocycles. The molecular weight excluding hydrogens is 350 g/mol. The number of alkyl halides is 1. The van der Waals surface area contributed by atoms with Crippen LogP contribution in [0.2, 0.25) is 0 Å². The highest BCUT2D eigenvalue weighted by atomic mass is 79.9. The van der Waals surface area contributed by atoms with Crippen LogP contribution in [-0.2, 0) is 11.3 Å². The highest BCUT2D eigenvalue weighted by Crippen LogP contribution is 2.20. The van der Waals surface area contributed by atoms with Crippen molar-refractivity contribution in [1.82, 2.24) is 5.32 Å². The first kappa shape index (κ1) is 18.9. The van der Waals surface area contributed by atoms with Crippen LogP contribution in [0.5, 0.6) is 0 Å². The van der Waals surface area contributed by atoms with Gasteiger partial charge in [0.2, 0.25) is 0 Å². The summed E-state index contributed by atoms with van der Waals surface area (Å²) in [6, 6.07) is 7.13. The maximum Gasteiger partial charge on any atom is 0.407 e. The zero-order valence-electron chi connectivity index (χ0n) is 13.2. The predicted octanol–water partition coefficient (Wildman–Crippen LogP) is 2.89. The van der Waals surface area contributed by atoms with Gasteiger partial charge in [0, 0.05) is 11.9 Å². The minimum Gasteiger partial charge on any atom is -0.444 e. The Bertz CT molecular complexity index is 487. The van der Waals surface area contributed by atoms with Crippen LogP contribution in [-0.4, -0.2) is 33.3 Å².